The van der Waals surface area contributed by atoms with Gasteiger partial charge in [0.25, 0.3) is 11.6 Å². The number of carbonyl (C=O) groups excluding carboxylic acids is 2. The summed E-state index contributed by atoms with van der Waals surface area (Å²) >= 11 is 0. The maximum absolute atomic E-state index is 12.5. The SMILES string of the molecule is CCN1C(=O)N/C(=C/c2c(C)n(Cc3ccc([N+](=O)[O-])cc3)c3ccccc23)C1=O. The van der Waals surface area contributed by atoms with Crippen molar-refractivity contribution in [3.8, 4) is 0 Å². The largest absolute Gasteiger partial charge is 0.340 e. The van der Waals surface area contributed by atoms with E-state index in [2.05, 4.69) is 9.88 Å². The molecule has 1 fully saturated rings. The van der Waals surface area contributed by atoms with Gasteiger partial charge in [0.05, 0.1) is 4.92 Å². The van der Waals surface area contributed by atoms with E-state index in [0.717, 1.165) is 32.6 Å². The number of non-ortho nitro benzene ring substituents is 1. The van der Waals surface area contributed by atoms with Gasteiger partial charge in [0.15, 0.2) is 0 Å². The number of rotatable bonds is 5. The van der Waals surface area contributed by atoms with Crippen molar-refractivity contribution in [2.45, 2.75) is 20.4 Å². The Morgan fingerprint density at radius 1 is 1.10 bits per heavy atom. The molecule has 0 bridgehead atoms. The van der Waals surface area contributed by atoms with Crippen LogP contribution in [0.1, 0.15) is 23.7 Å². The van der Waals surface area contributed by atoms with E-state index in [1.54, 1.807) is 25.1 Å². The molecule has 0 atom stereocenters. The third kappa shape index (κ3) is 3.22. The zero-order valence-corrected chi connectivity index (χ0v) is 16.6. The number of nitro groups is 1. The van der Waals surface area contributed by atoms with Crippen LogP contribution in [0.4, 0.5) is 10.5 Å². The molecule has 1 saturated heterocycles. The molecule has 1 N–H and O–H groups in total. The maximum Gasteiger partial charge on any atom is 0.328 e. The number of likely N-dealkylation sites (N-methyl/N-ethyl adjacent to an activating group) is 1. The van der Waals surface area contributed by atoms with Gasteiger partial charge in [-0.25, -0.2) is 4.79 Å². The number of nitrogens with zero attached hydrogens (tertiary/aromatic N) is 3. The second-order valence-corrected chi connectivity index (χ2v) is 7.06. The third-order valence-corrected chi connectivity index (χ3v) is 5.33. The van der Waals surface area contributed by atoms with E-state index in [-0.39, 0.29) is 17.3 Å². The first-order valence-corrected chi connectivity index (χ1v) is 9.56. The lowest BCUT2D eigenvalue weighted by Gasteiger charge is -2.09. The summed E-state index contributed by atoms with van der Waals surface area (Å²) in [6.45, 7) is 4.54. The van der Waals surface area contributed by atoms with Crippen LogP contribution in [0, 0.1) is 17.0 Å². The maximum atomic E-state index is 12.5. The van der Waals surface area contributed by atoms with Gasteiger partial charge in [-0.3, -0.25) is 19.8 Å². The van der Waals surface area contributed by atoms with Crippen LogP contribution in [0.2, 0.25) is 0 Å². The lowest BCUT2D eigenvalue weighted by Crippen LogP contribution is -2.30. The molecule has 8 heteroatoms. The minimum absolute atomic E-state index is 0.0502. The van der Waals surface area contributed by atoms with Crippen LogP contribution in [0.25, 0.3) is 17.0 Å². The first kappa shape index (κ1) is 19.4. The molecule has 0 radical (unpaired) electrons. The van der Waals surface area contributed by atoms with Crippen molar-refractivity contribution in [3.63, 3.8) is 0 Å². The van der Waals surface area contributed by atoms with Crippen molar-refractivity contribution < 1.29 is 14.5 Å². The number of nitro benzene ring substituents is 1. The molecule has 0 unspecified atom stereocenters. The highest BCUT2D eigenvalue weighted by Gasteiger charge is 2.32. The number of benzene rings is 2. The number of nitrogens with one attached hydrogen (secondary N) is 1. The van der Waals surface area contributed by atoms with Gasteiger partial charge in [0.1, 0.15) is 5.70 Å². The summed E-state index contributed by atoms with van der Waals surface area (Å²) in [6, 6.07) is 13.9. The summed E-state index contributed by atoms with van der Waals surface area (Å²) in [4.78, 5) is 36.1. The van der Waals surface area contributed by atoms with Crippen LogP contribution in [0.5, 0.6) is 0 Å². The number of urea groups is 1. The molecule has 0 spiro atoms. The van der Waals surface area contributed by atoms with E-state index in [9.17, 15) is 19.7 Å². The van der Waals surface area contributed by atoms with Gasteiger partial charge in [-0.2, -0.15) is 0 Å². The van der Waals surface area contributed by atoms with Crippen LogP contribution in [-0.4, -0.2) is 32.9 Å². The summed E-state index contributed by atoms with van der Waals surface area (Å²) in [5, 5.41) is 14.5. The molecule has 2 aromatic carbocycles. The average Bonchev–Trinajstić information content (AvgIpc) is 3.16. The molecule has 3 amide bonds. The molecule has 4 rings (SSSR count). The Morgan fingerprint density at radius 3 is 2.43 bits per heavy atom. The number of carbonyl (C=O) groups is 2. The van der Waals surface area contributed by atoms with Crippen molar-refractivity contribution in [2.75, 3.05) is 6.54 Å². The highest BCUT2D eigenvalue weighted by atomic mass is 16.6. The standard InChI is InChI=1S/C22H20N4O4/c1-3-24-21(27)19(23-22(24)28)12-18-14(2)25(20-7-5-4-6-17(18)20)13-15-8-10-16(11-9-15)26(29)30/h4-12H,3,13H2,1-2H3,(H,23,28)/b19-12+. The van der Waals surface area contributed by atoms with Gasteiger partial charge in [-0.05, 0) is 31.6 Å². The van der Waals surface area contributed by atoms with E-state index < -0.39 is 11.0 Å². The highest BCUT2D eigenvalue weighted by molar-refractivity contribution is 6.14. The molecular formula is C22H20N4O4. The van der Waals surface area contributed by atoms with E-state index in [1.807, 2.05) is 31.2 Å². The number of hydrogen-bond donors (Lipinski definition) is 1. The predicted octanol–water partition coefficient (Wildman–Crippen LogP) is 3.82. The third-order valence-electron chi connectivity index (χ3n) is 5.33. The lowest BCUT2D eigenvalue weighted by atomic mass is 10.1. The minimum Gasteiger partial charge on any atom is -0.340 e. The minimum atomic E-state index is -0.420. The van der Waals surface area contributed by atoms with Crippen molar-refractivity contribution >= 4 is 34.6 Å². The van der Waals surface area contributed by atoms with Crippen LogP contribution in [0.3, 0.4) is 0 Å². The van der Waals surface area contributed by atoms with Gasteiger partial charge in [0.2, 0.25) is 0 Å². The predicted molar refractivity (Wildman–Crippen MR) is 113 cm³/mol. The number of para-hydroxylation sites is 1. The van der Waals surface area contributed by atoms with E-state index >= 15 is 0 Å². The van der Waals surface area contributed by atoms with E-state index in [0.29, 0.717) is 13.1 Å². The van der Waals surface area contributed by atoms with E-state index in [4.69, 9.17) is 0 Å². The number of fused-ring (bicyclic) bond motifs is 1. The Balaban J connectivity index is 1.77. The summed E-state index contributed by atoms with van der Waals surface area (Å²) in [5.41, 5.74) is 3.99. The molecule has 1 aliphatic rings. The van der Waals surface area contributed by atoms with Gasteiger partial charge in [-0.1, -0.05) is 30.3 Å². The molecular weight excluding hydrogens is 384 g/mol. The van der Waals surface area contributed by atoms with Gasteiger partial charge >= 0.3 is 6.03 Å². The molecule has 0 saturated carbocycles. The van der Waals surface area contributed by atoms with Crippen molar-refractivity contribution in [2.24, 2.45) is 0 Å². The average molecular weight is 404 g/mol. The van der Waals surface area contributed by atoms with Crippen LogP contribution >= 0.6 is 0 Å². The fraction of sp³-hybridized carbons (Fsp3) is 0.182. The fourth-order valence-corrected chi connectivity index (χ4v) is 3.75. The topological polar surface area (TPSA) is 97.5 Å². The number of hydrogen-bond acceptors (Lipinski definition) is 4. The molecule has 1 aromatic heterocycles. The van der Waals surface area contributed by atoms with Gasteiger partial charge in [0, 0.05) is 47.4 Å². The molecule has 0 aliphatic carbocycles. The summed E-state index contributed by atoms with van der Waals surface area (Å²) in [6.07, 6.45) is 1.72. The zero-order valence-electron chi connectivity index (χ0n) is 16.6. The number of imide groups is 1. The molecule has 8 nitrogen and oxygen atoms in total. The number of aromatic nitrogens is 1. The smallest absolute Gasteiger partial charge is 0.328 e. The normalized spacial score (nSPS) is 15.3. The van der Waals surface area contributed by atoms with Crippen molar-refractivity contribution in [3.05, 3.63) is 81.2 Å². The molecule has 3 aromatic rings. The van der Waals surface area contributed by atoms with Crippen LogP contribution in [0.15, 0.2) is 54.2 Å². The first-order chi connectivity index (χ1) is 14.4. The molecule has 1 aliphatic heterocycles. The molecule has 30 heavy (non-hydrogen) atoms. The molecule has 152 valence electrons. The second-order valence-electron chi connectivity index (χ2n) is 7.06. The number of amides is 3. The Hall–Kier alpha value is -3.94. The van der Waals surface area contributed by atoms with Crippen LogP contribution in [-0.2, 0) is 11.3 Å². The monoisotopic (exact) mass is 404 g/mol. The Labute approximate surface area is 172 Å². The highest BCUT2D eigenvalue weighted by Crippen LogP contribution is 2.29. The molecule has 2 heterocycles. The zero-order chi connectivity index (χ0) is 21.4. The quantitative estimate of drug-likeness (QED) is 0.303. The lowest BCUT2D eigenvalue weighted by molar-refractivity contribution is -0.384. The Morgan fingerprint density at radius 2 is 1.80 bits per heavy atom. The second kappa shape index (κ2) is 7.47. The van der Waals surface area contributed by atoms with E-state index in [1.165, 1.54) is 12.1 Å². The van der Waals surface area contributed by atoms with Gasteiger partial charge < -0.3 is 9.88 Å². The first-order valence-electron chi connectivity index (χ1n) is 9.56. The van der Waals surface area contributed by atoms with Crippen molar-refractivity contribution in [1.29, 1.82) is 0 Å². The Bertz CT molecular complexity index is 1210. The van der Waals surface area contributed by atoms with Gasteiger partial charge in [-0.15, -0.1) is 0 Å². The fourth-order valence-electron chi connectivity index (χ4n) is 3.75. The summed E-state index contributed by atoms with van der Waals surface area (Å²) < 4.78 is 2.10. The summed E-state index contributed by atoms with van der Waals surface area (Å²) in [7, 11) is 0. The summed E-state index contributed by atoms with van der Waals surface area (Å²) in [5.74, 6) is -0.339. The van der Waals surface area contributed by atoms with Crippen molar-refractivity contribution in [1.82, 2.24) is 14.8 Å². The Kier molecular flexibility index (Phi) is 4.83. The van der Waals surface area contributed by atoms with Crippen LogP contribution < -0.4 is 5.32 Å².